The Kier molecular flexibility index (Phi) is 7.25. The molecule has 0 saturated carbocycles. The van der Waals surface area contributed by atoms with E-state index in [0.29, 0.717) is 21.2 Å². The van der Waals surface area contributed by atoms with Gasteiger partial charge in [-0.3, -0.25) is 23.7 Å². The maximum Gasteiger partial charge on any atom is 0.416 e. The van der Waals surface area contributed by atoms with Crippen LogP contribution in [0, 0.1) is 18.7 Å². The number of carbonyl (C=O) groups is 3. The van der Waals surface area contributed by atoms with Gasteiger partial charge in [0, 0.05) is 16.5 Å². The minimum absolute atomic E-state index is 0.0980. The molecule has 3 unspecified atom stereocenters. The summed E-state index contributed by atoms with van der Waals surface area (Å²) < 4.78 is 54.4. The van der Waals surface area contributed by atoms with Gasteiger partial charge in [0.05, 0.1) is 22.2 Å². The summed E-state index contributed by atoms with van der Waals surface area (Å²) in [5.41, 5.74) is 0.815. The van der Waals surface area contributed by atoms with Gasteiger partial charge in [0.25, 0.3) is 0 Å². The number of aromatic nitrogens is 1. The predicted molar refractivity (Wildman–Crippen MR) is 154 cm³/mol. The standard InChI is InChI=1S/C30H21F4N3O4S2/c1-15-5-11-20(12-6-15)37-26(39)23-22(16-7-9-18(31)10-8-16)25-28(42-24(23)27(37)40)36(29(41)43-25)14-21(38)35-19-4-2-3-17(13-19)30(32,33)34/h2-13,22-24H,14H2,1H3,(H,35,38). The highest BCUT2D eigenvalue weighted by atomic mass is 32.2. The molecule has 0 bridgehead atoms. The third-order valence-electron chi connectivity index (χ3n) is 7.35. The van der Waals surface area contributed by atoms with Gasteiger partial charge in [0.15, 0.2) is 0 Å². The zero-order valence-electron chi connectivity index (χ0n) is 22.2. The Balaban J connectivity index is 1.37. The molecule has 3 atom stereocenters. The van der Waals surface area contributed by atoms with Gasteiger partial charge in [-0.25, -0.2) is 9.29 Å². The van der Waals surface area contributed by atoms with Gasteiger partial charge in [-0.05, 0) is 55.0 Å². The highest BCUT2D eigenvalue weighted by Crippen LogP contribution is 2.53. The lowest BCUT2D eigenvalue weighted by Gasteiger charge is -2.30. The quantitative estimate of drug-likeness (QED) is 0.223. The number of nitrogens with zero attached hydrogens (tertiary/aromatic N) is 2. The van der Waals surface area contributed by atoms with Crippen LogP contribution in [0.3, 0.4) is 0 Å². The average Bonchev–Trinajstić information content (AvgIpc) is 3.40. The fourth-order valence-corrected chi connectivity index (χ4v) is 8.12. The van der Waals surface area contributed by atoms with Gasteiger partial charge >= 0.3 is 11.0 Å². The lowest BCUT2D eigenvalue weighted by atomic mass is 9.83. The van der Waals surface area contributed by atoms with Crippen molar-refractivity contribution in [1.82, 2.24) is 4.57 Å². The fourth-order valence-electron chi connectivity index (χ4n) is 5.35. The second-order valence-corrected chi connectivity index (χ2v) is 12.3. The number of amides is 3. The molecule has 6 rings (SSSR count). The number of imide groups is 1. The van der Waals surface area contributed by atoms with Crippen molar-refractivity contribution in [2.75, 3.05) is 10.2 Å². The van der Waals surface area contributed by atoms with Crippen molar-refractivity contribution in [2.45, 2.75) is 35.8 Å². The summed E-state index contributed by atoms with van der Waals surface area (Å²) in [4.78, 5) is 54.8. The molecule has 4 aromatic rings. The van der Waals surface area contributed by atoms with E-state index in [0.717, 1.165) is 56.3 Å². The van der Waals surface area contributed by atoms with Crippen molar-refractivity contribution in [2.24, 2.45) is 5.92 Å². The number of anilines is 2. The first-order valence-electron chi connectivity index (χ1n) is 13.0. The van der Waals surface area contributed by atoms with Crippen LogP contribution >= 0.6 is 23.1 Å². The molecule has 1 fully saturated rings. The SMILES string of the molecule is Cc1ccc(N2C(=O)C3Sc4c(sc(=O)n4CC(=O)Nc4cccc(C(F)(F)F)c4)C(c4ccc(F)cc4)C3C2=O)cc1. The minimum atomic E-state index is -4.61. The number of benzene rings is 3. The first kappa shape index (κ1) is 28.9. The molecule has 1 N–H and O–H groups in total. The second kappa shape index (κ2) is 10.8. The van der Waals surface area contributed by atoms with Crippen LogP contribution in [0.2, 0.25) is 0 Å². The zero-order chi connectivity index (χ0) is 30.6. The Morgan fingerprint density at radius 3 is 2.33 bits per heavy atom. The first-order valence-corrected chi connectivity index (χ1v) is 14.7. The number of hydrogen-bond donors (Lipinski definition) is 1. The van der Waals surface area contributed by atoms with Crippen molar-refractivity contribution in [3.8, 4) is 0 Å². The number of alkyl halides is 3. The van der Waals surface area contributed by atoms with Gasteiger partial charge in [0.2, 0.25) is 17.7 Å². The lowest BCUT2D eigenvalue weighted by molar-refractivity contribution is -0.137. The Hall–Kier alpha value is -4.23. The van der Waals surface area contributed by atoms with Crippen LogP contribution in [0.1, 0.15) is 27.5 Å². The van der Waals surface area contributed by atoms with Gasteiger partial charge in [-0.2, -0.15) is 13.2 Å². The van der Waals surface area contributed by atoms with Crippen molar-refractivity contribution >= 4 is 52.2 Å². The lowest BCUT2D eigenvalue weighted by Crippen LogP contribution is -2.33. The van der Waals surface area contributed by atoms with Crippen LogP contribution in [0.4, 0.5) is 28.9 Å². The van der Waals surface area contributed by atoms with Gasteiger partial charge in [-0.15, -0.1) is 0 Å². The molecule has 3 amide bonds. The number of halogens is 4. The van der Waals surface area contributed by atoms with E-state index in [-0.39, 0.29) is 5.69 Å². The molecule has 7 nitrogen and oxygen atoms in total. The number of thiazole rings is 1. The number of thioether (sulfide) groups is 1. The summed E-state index contributed by atoms with van der Waals surface area (Å²) in [5.74, 6) is -3.88. The van der Waals surface area contributed by atoms with Gasteiger partial charge in [0.1, 0.15) is 17.6 Å². The van der Waals surface area contributed by atoms with Gasteiger partial charge in [-0.1, -0.05) is 59.0 Å². The van der Waals surface area contributed by atoms with E-state index in [1.165, 1.54) is 30.3 Å². The van der Waals surface area contributed by atoms with E-state index >= 15 is 0 Å². The monoisotopic (exact) mass is 627 g/mol. The fraction of sp³-hybridized carbons (Fsp3) is 0.200. The number of carbonyl (C=O) groups excluding carboxylic acids is 3. The van der Waals surface area contributed by atoms with E-state index in [1.807, 2.05) is 6.92 Å². The number of hydrogen-bond acceptors (Lipinski definition) is 6. The third-order valence-corrected chi connectivity index (χ3v) is 9.95. The summed E-state index contributed by atoms with van der Waals surface area (Å²) in [6.07, 6.45) is -4.61. The molecule has 0 aliphatic carbocycles. The van der Waals surface area contributed by atoms with Crippen LogP contribution in [0.25, 0.3) is 0 Å². The second-order valence-electron chi connectivity index (χ2n) is 10.2. The zero-order valence-corrected chi connectivity index (χ0v) is 23.9. The van der Waals surface area contributed by atoms with Crippen molar-refractivity contribution in [3.63, 3.8) is 0 Å². The molecule has 1 aromatic heterocycles. The summed E-state index contributed by atoms with van der Waals surface area (Å²) >= 11 is 1.81. The van der Waals surface area contributed by atoms with Crippen LogP contribution in [-0.2, 0) is 27.1 Å². The van der Waals surface area contributed by atoms with Crippen LogP contribution < -0.4 is 15.1 Å². The molecule has 0 spiro atoms. The molecule has 1 saturated heterocycles. The Bertz CT molecular complexity index is 1820. The maximum atomic E-state index is 13.9. The van der Waals surface area contributed by atoms with Crippen molar-refractivity contribution < 1.29 is 31.9 Å². The predicted octanol–water partition coefficient (Wildman–Crippen LogP) is 5.81. The topological polar surface area (TPSA) is 88.5 Å². The average molecular weight is 628 g/mol. The minimum Gasteiger partial charge on any atom is -0.325 e. The Morgan fingerprint density at radius 2 is 1.65 bits per heavy atom. The molecule has 43 heavy (non-hydrogen) atoms. The van der Waals surface area contributed by atoms with E-state index < -0.39 is 63.8 Å². The van der Waals surface area contributed by atoms with E-state index in [1.54, 1.807) is 24.3 Å². The normalized spacial score (nSPS) is 19.7. The Labute approximate surface area is 250 Å². The summed E-state index contributed by atoms with van der Waals surface area (Å²) in [5, 5.41) is 1.76. The maximum absolute atomic E-state index is 13.9. The highest BCUT2D eigenvalue weighted by molar-refractivity contribution is 8.00. The summed E-state index contributed by atoms with van der Waals surface area (Å²) in [6.45, 7) is 1.34. The van der Waals surface area contributed by atoms with Crippen LogP contribution in [-0.4, -0.2) is 27.5 Å². The largest absolute Gasteiger partial charge is 0.416 e. The van der Waals surface area contributed by atoms with Crippen molar-refractivity contribution in [3.05, 3.63) is 110 Å². The Morgan fingerprint density at radius 1 is 0.953 bits per heavy atom. The third kappa shape index (κ3) is 5.27. The molecule has 220 valence electrons. The smallest absolute Gasteiger partial charge is 0.325 e. The van der Waals surface area contributed by atoms with Gasteiger partial charge < -0.3 is 5.32 Å². The summed E-state index contributed by atoms with van der Waals surface area (Å²) in [6, 6.07) is 16.5. The molecule has 0 radical (unpaired) electrons. The summed E-state index contributed by atoms with van der Waals surface area (Å²) in [7, 11) is 0. The first-order chi connectivity index (χ1) is 20.4. The van der Waals surface area contributed by atoms with Crippen molar-refractivity contribution in [1.29, 1.82) is 0 Å². The van der Waals surface area contributed by atoms with Crippen LogP contribution in [0.15, 0.2) is 82.6 Å². The van der Waals surface area contributed by atoms with E-state index in [9.17, 15) is 36.7 Å². The molecule has 3 heterocycles. The molecule has 2 aliphatic rings. The highest BCUT2D eigenvalue weighted by Gasteiger charge is 2.56. The number of aryl methyl sites for hydroxylation is 1. The van der Waals surface area contributed by atoms with E-state index in [2.05, 4.69) is 5.32 Å². The molecular weight excluding hydrogens is 606 g/mol. The van der Waals surface area contributed by atoms with Crippen LogP contribution in [0.5, 0.6) is 0 Å². The number of rotatable bonds is 5. The number of nitrogens with one attached hydrogen (secondary N) is 1. The molecule has 2 aliphatic heterocycles. The number of fused-ring (bicyclic) bond motifs is 2. The molecular formula is C30H21F4N3O4S2. The molecule has 13 heteroatoms. The molecule has 3 aromatic carbocycles. The van der Waals surface area contributed by atoms with E-state index in [4.69, 9.17) is 0 Å².